The van der Waals surface area contributed by atoms with Gasteiger partial charge in [-0.1, -0.05) is 6.07 Å². The minimum absolute atomic E-state index is 0.132. The highest BCUT2D eigenvalue weighted by Crippen LogP contribution is 2.23. The predicted octanol–water partition coefficient (Wildman–Crippen LogP) is 2.70. The highest BCUT2D eigenvalue weighted by Gasteiger charge is 2.21. The molecule has 2 aromatic carbocycles. The first-order valence-corrected chi connectivity index (χ1v) is 7.99. The van der Waals surface area contributed by atoms with Gasteiger partial charge in [-0.15, -0.1) is 0 Å². The van der Waals surface area contributed by atoms with Gasteiger partial charge in [-0.05, 0) is 48.9 Å². The second kappa shape index (κ2) is 7.49. The van der Waals surface area contributed by atoms with Crippen LogP contribution in [-0.4, -0.2) is 25.0 Å². The maximum absolute atomic E-state index is 11.9. The SMILES string of the molecule is N#Cc1cccc(NC(=O)COc2ccc(N3CCCC3=O)cc2)c1. The van der Waals surface area contributed by atoms with Crippen LogP contribution < -0.4 is 15.0 Å². The van der Waals surface area contributed by atoms with Crippen LogP contribution in [-0.2, 0) is 9.59 Å². The average molecular weight is 335 g/mol. The Morgan fingerprint density at radius 1 is 1.24 bits per heavy atom. The van der Waals surface area contributed by atoms with E-state index < -0.39 is 0 Å². The van der Waals surface area contributed by atoms with E-state index in [1.54, 1.807) is 41.3 Å². The second-order valence-corrected chi connectivity index (χ2v) is 5.67. The number of amides is 2. The molecule has 0 aromatic heterocycles. The fourth-order valence-corrected chi connectivity index (χ4v) is 2.66. The quantitative estimate of drug-likeness (QED) is 0.911. The molecule has 6 nitrogen and oxygen atoms in total. The van der Waals surface area contributed by atoms with Gasteiger partial charge in [0.15, 0.2) is 6.61 Å². The Balaban J connectivity index is 1.53. The van der Waals surface area contributed by atoms with Gasteiger partial charge in [-0.25, -0.2) is 0 Å². The second-order valence-electron chi connectivity index (χ2n) is 5.67. The van der Waals surface area contributed by atoms with Crippen LogP contribution in [0.1, 0.15) is 18.4 Å². The molecule has 0 saturated carbocycles. The summed E-state index contributed by atoms with van der Waals surface area (Å²) in [4.78, 5) is 25.4. The van der Waals surface area contributed by atoms with Crippen LogP contribution in [0.15, 0.2) is 48.5 Å². The molecular formula is C19H17N3O3. The van der Waals surface area contributed by atoms with E-state index in [0.717, 1.165) is 18.7 Å². The van der Waals surface area contributed by atoms with Crippen molar-refractivity contribution in [3.63, 3.8) is 0 Å². The Bertz CT molecular complexity index is 825. The third-order valence-corrected chi connectivity index (χ3v) is 3.87. The molecule has 0 spiro atoms. The normalized spacial score (nSPS) is 13.4. The van der Waals surface area contributed by atoms with E-state index in [0.29, 0.717) is 23.4 Å². The van der Waals surface area contributed by atoms with Gasteiger partial charge in [0.2, 0.25) is 5.91 Å². The number of nitriles is 1. The lowest BCUT2D eigenvalue weighted by molar-refractivity contribution is -0.118. The maximum Gasteiger partial charge on any atom is 0.262 e. The lowest BCUT2D eigenvalue weighted by Crippen LogP contribution is -2.23. The Morgan fingerprint density at radius 3 is 2.72 bits per heavy atom. The number of anilines is 2. The minimum atomic E-state index is -0.311. The third kappa shape index (κ3) is 4.15. The summed E-state index contributed by atoms with van der Waals surface area (Å²) in [5.41, 5.74) is 1.87. The van der Waals surface area contributed by atoms with Crippen LogP contribution in [0.2, 0.25) is 0 Å². The van der Waals surface area contributed by atoms with Crippen molar-refractivity contribution in [2.45, 2.75) is 12.8 Å². The first-order valence-electron chi connectivity index (χ1n) is 7.99. The molecule has 6 heteroatoms. The maximum atomic E-state index is 11.9. The molecule has 1 saturated heterocycles. The standard InChI is InChI=1S/C19H17N3O3/c20-12-14-3-1-4-15(11-14)21-18(23)13-25-17-8-6-16(7-9-17)22-10-2-5-19(22)24/h1,3-4,6-9,11H,2,5,10,13H2,(H,21,23). The van der Waals surface area contributed by atoms with Crippen molar-refractivity contribution in [1.82, 2.24) is 0 Å². The van der Waals surface area contributed by atoms with Gasteiger partial charge < -0.3 is 15.0 Å². The zero-order valence-electron chi connectivity index (χ0n) is 13.6. The van der Waals surface area contributed by atoms with Crippen molar-refractivity contribution in [3.05, 3.63) is 54.1 Å². The Kier molecular flexibility index (Phi) is 4.95. The largest absolute Gasteiger partial charge is 0.484 e. The van der Waals surface area contributed by atoms with E-state index in [2.05, 4.69) is 5.32 Å². The fraction of sp³-hybridized carbons (Fsp3) is 0.211. The molecule has 2 amide bonds. The van der Waals surface area contributed by atoms with Crippen LogP contribution in [0.3, 0.4) is 0 Å². The van der Waals surface area contributed by atoms with Gasteiger partial charge in [0, 0.05) is 24.3 Å². The molecular weight excluding hydrogens is 318 g/mol. The van der Waals surface area contributed by atoms with Crippen LogP contribution in [0.25, 0.3) is 0 Å². The molecule has 0 atom stereocenters. The van der Waals surface area contributed by atoms with E-state index in [1.807, 2.05) is 18.2 Å². The van der Waals surface area contributed by atoms with Crippen molar-refractivity contribution < 1.29 is 14.3 Å². The van der Waals surface area contributed by atoms with Crippen molar-refractivity contribution in [3.8, 4) is 11.8 Å². The van der Waals surface area contributed by atoms with E-state index in [-0.39, 0.29) is 18.4 Å². The number of hydrogen-bond acceptors (Lipinski definition) is 4. The van der Waals surface area contributed by atoms with Gasteiger partial charge in [-0.3, -0.25) is 9.59 Å². The van der Waals surface area contributed by atoms with Crippen molar-refractivity contribution in [1.29, 1.82) is 5.26 Å². The molecule has 2 aromatic rings. The van der Waals surface area contributed by atoms with E-state index >= 15 is 0 Å². The van der Waals surface area contributed by atoms with Gasteiger partial charge in [-0.2, -0.15) is 5.26 Å². The lowest BCUT2D eigenvalue weighted by Gasteiger charge is -2.16. The van der Waals surface area contributed by atoms with Crippen molar-refractivity contribution in [2.24, 2.45) is 0 Å². The summed E-state index contributed by atoms with van der Waals surface area (Å²) in [5, 5.41) is 11.5. The summed E-state index contributed by atoms with van der Waals surface area (Å²) in [6, 6.07) is 15.8. The Hall–Kier alpha value is -3.33. The predicted molar refractivity (Wildman–Crippen MR) is 93.3 cm³/mol. The van der Waals surface area contributed by atoms with Gasteiger partial charge in [0.1, 0.15) is 5.75 Å². The minimum Gasteiger partial charge on any atom is -0.484 e. The van der Waals surface area contributed by atoms with Crippen LogP contribution >= 0.6 is 0 Å². The summed E-state index contributed by atoms with van der Waals surface area (Å²) in [6.07, 6.45) is 1.47. The highest BCUT2D eigenvalue weighted by molar-refractivity contribution is 5.95. The third-order valence-electron chi connectivity index (χ3n) is 3.87. The number of ether oxygens (including phenoxy) is 1. The topological polar surface area (TPSA) is 82.4 Å². The summed E-state index contributed by atoms with van der Waals surface area (Å²) in [5.74, 6) is 0.373. The van der Waals surface area contributed by atoms with Crippen LogP contribution in [0, 0.1) is 11.3 Å². The summed E-state index contributed by atoms with van der Waals surface area (Å²) in [7, 11) is 0. The molecule has 0 bridgehead atoms. The molecule has 1 aliphatic rings. The van der Waals surface area contributed by atoms with E-state index in [1.165, 1.54) is 0 Å². The average Bonchev–Trinajstić information content (AvgIpc) is 3.06. The molecule has 1 fully saturated rings. The lowest BCUT2D eigenvalue weighted by atomic mass is 10.2. The Morgan fingerprint density at radius 2 is 2.04 bits per heavy atom. The zero-order chi connectivity index (χ0) is 17.6. The van der Waals surface area contributed by atoms with E-state index in [4.69, 9.17) is 10.00 Å². The van der Waals surface area contributed by atoms with Crippen molar-refractivity contribution in [2.75, 3.05) is 23.4 Å². The summed E-state index contributed by atoms with van der Waals surface area (Å²) in [6.45, 7) is 0.599. The number of rotatable bonds is 5. The van der Waals surface area contributed by atoms with Gasteiger partial charge >= 0.3 is 0 Å². The van der Waals surface area contributed by atoms with Gasteiger partial charge in [0.05, 0.1) is 11.6 Å². The molecule has 0 aliphatic carbocycles. The summed E-state index contributed by atoms with van der Waals surface area (Å²) >= 11 is 0. The van der Waals surface area contributed by atoms with Gasteiger partial charge in [0.25, 0.3) is 5.91 Å². The first kappa shape index (κ1) is 16.5. The number of carbonyl (C=O) groups is 2. The monoisotopic (exact) mass is 335 g/mol. The fourth-order valence-electron chi connectivity index (χ4n) is 2.66. The Labute approximate surface area is 145 Å². The molecule has 25 heavy (non-hydrogen) atoms. The number of benzene rings is 2. The number of hydrogen-bond donors (Lipinski definition) is 1. The highest BCUT2D eigenvalue weighted by atomic mass is 16.5. The van der Waals surface area contributed by atoms with Crippen LogP contribution in [0.5, 0.6) is 5.75 Å². The molecule has 126 valence electrons. The number of carbonyl (C=O) groups excluding carboxylic acids is 2. The molecule has 0 radical (unpaired) electrons. The van der Waals surface area contributed by atoms with Crippen LogP contribution in [0.4, 0.5) is 11.4 Å². The van der Waals surface area contributed by atoms with E-state index in [9.17, 15) is 9.59 Å². The zero-order valence-corrected chi connectivity index (χ0v) is 13.6. The number of nitrogens with one attached hydrogen (secondary N) is 1. The molecule has 1 aliphatic heterocycles. The molecule has 0 unspecified atom stereocenters. The molecule has 1 heterocycles. The molecule has 1 N–H and O–H groups in total. The van der Waals surface area contributed by atoms with Crippen molar-refractivity contribution >= 4 is 23.2 Å². The summed E-state index contributed by atoms with van der Waals surface area (Å²) < 4.78 is 5.46. The first-order chi connectivity index (χ1) is 12.2. The smallest absolute Gasteiger partial charge is 0.262 e. The molecule has 3 rings (SSSR count). The number of nitrogens with zero attached hydrogens (tertiary/aromatic N) is 2.